The second-order valence-corrected chi connectivity index (χ2v) is 7.26. The molecule has 1 saturated heterocycles. The molecular weight excluding hydrogens is 381 g/mol. The standard InChI is InChI=1S/C21H25F3N4O/c1-15-6-3-4-7-18(15)26-20(29)16(2)27-10-5-11-28(13-12-27)19-9-8-17(14-25-19)21(22,23)24/h3-4,6-9,14,16H,5,10-13H2,1-2H3,(H,26,29). The Hall–Kier alpha value is -2.61. The molecule has 0 saturated carbocycles. The Morgan fingerprint density at radius 3 is 2.52 bits per heavy atom. The lowest BCUT2D eigenvalue weighted by Crippen LogP contribution is -2.44. The summed E-state index contributed by atoms with van der Waals surface area (Å²) in [6.45, 7) is 6.46. The van der Waals surface area contributed by atoms with E-state index in [4.69, 9.17) is 0 Å². The number of rotatable bonds is 4. The minimum absolute atomic E-state index is 0.0691. The van der Waals surface area contributed by atoms with Crippen molar-refractivity contribution in [2.24, 2.45) is 0 Å². The third-order valence-corrected chi connectivity index (χ3v) is 5.26. The summed E-state index contributed by atoms with van der Waals surface area (Å²) in [4.78, 5) is 20.7. The molecule has 1 aliphatic rings. The predicted molar refractivity (Wildman–Crippen MR) is 107 cm³/mol. The monoisotopic (exact) mass is 406 g/mol. The number of hydrogen-bond acceptors (Lipinski definition) is 4. The Morgan fingerprint density at radius 2 is 1.86 bits per heavy atom. The van der Waals surface area contributed by atoms with E-state index < -0.39 is 11.7 Å². The lowest BCUT2D eigenvalue weighted by atomic mass is 10.2. The SMILES string of the molecule is Cc1ccccc1NC(=O)C(C)N1CCCN(c2ccc(C(F)(F)F)cn2)CC1. The van der Waals surface area contributed by atoms with E-state index in [2.05, 4.69) is 15.2 Å². The highest BCUT2D eigenvalue weighted by molar-refractivity contribution is 5.95. The van der Waals surface area contributed by atoms with Crippen molar-refractivity contribution < 1.29 is 18.0 Å². The Balaban J connectivity index is 1.60. The fourth-order valence-electron chi connectivity index (χ4n) is 3.41. The number of para-hydroxylation sites is 1. The lowest BCUT2D eigenvalue weighted by Gasteiger charge is -2.27. The Labute approximate surface area is 168 Å². The average Bonchev–Trinajstić information content (AvgIpc) is 2.95. The molecule has 3 rings (SSSR count). The van der Waals surface area contributed by atoms with Crippen LogP contribution in [0, 0.1) is 6.92 Å². The van der Waals surface area contributed by atoms with Gasteiger partial charge in [0.15, 0.2) is 0 Å². The van der Waals surface area contributed by atoms with E-state index in [9.17, 15) is 18.0 Å². The van der Waals surface area contributed by atoms with Crippen LogP contribution >= 0.6 is 0 Å². The second-order valence-electron chi connectivity index (χ2n) is 7.26. The summed E-state index contributed by atoms with van der Waals surface area (Å²) >= 11 is 0. The van der Waals surface area contributed by atoms with Gasteiger partial charge in [-0.1, -0.05) is 18.2 Å². The molecule has 2 aromatic rings. The van der Waals surface area contributed by atoms with Gasteiger partial charge in [0.25, 0.3) is 0 Å². The molecule has 5 nitrogen and oxygen atoms in total. The van der Waals surface area contributed by atoms with Crippen molar-refractivity contribution in [2.75, 3.05) is 36.4 Å². The molecule has 0 aliphatic carbocycles. The van der Waals surface area contributed by atoms with Crippen molar-refractivity contribution >= 4 is 17.4 Å². The van der Waals surface area contributed by atoms with Gasteiger partial charge < -0.3 is 10.2 Å². The number of pyridine rings is 1. The van der Waals surface area contributed by atoms with Crippen molar-refractivity contribution in [2.45, 2.75) is 32.5 Å². The van der Waals surface area contributed by atoms with E-state index in [1.807, 2.05) is 43.0 Å². The fraction of sp³-hybridized carbons (Fsp3) is 0.429. The number of alkyl halides is 3. The van der Waals surface area contributed by atoms with Crippen LogP contribution in [-0.2, 0) is 11.0 Å². The molecule has 1 aliphatic heterocycles. The summed E-state index contributed by atoms with van der Waals surface area (Å²) < 4.78 is 38.2. The zero-order valence-electron chi connectivity index (χ0n) is 16.5. The topological polar surface area (TPSA) is 48.5 Å². The summed E-state index contributed by atoms with van der Waals surface area (Å²) in [7, 11) is 0. The van der Waals surface area contributed by atoms with Gasteiger partial charge in [0.1, 0.15) is 5.82 Å². The van der Waals surface area contributed by atoms with Crippen LogP contribution in [0.5, 0.6) is 0 Å². The van der Waals surface area contributed by atoms with Crippen LogP contribution in [0.2, 0.25) is 0 Å². The number of halogens is 3. The molecule has 156 valence electrons. The van der Waals surface area contributed by atoms with Gasteiger partial charge in [0, 0.05) is 38.1 Å². The van der Waals surface area contributed by atoms with E-state index in [0.29, 0.717) is 25.5 Å². The minimum atomic E-state index is -4.39. The van der Waals surface area contributed by atoms with Gasteiger partial charge in [-0.2, -0.15) is 13.2 Å². The van der Waals surface area contributed by atoms with E-state index >= 15 is 0 Å². The molecule has 29 heavy (non-hydrogen) atoms. The smallest absolute Gasteiger partial charge is 0.355 e. The third kappa shape index (κ3) is 5.26. The first-order valence-corrected chi connectivity index (χ1v) is 9.64. The molecule has 2 heterocycles. The van der Waals surface area contributed by atoms with Crippen molar-refractivity contribution in [1.29, 1.82) is 0 Å². The molecule has 0 spiro atoms. The van der Waals surface area contributed by atoms with Gasteiger partial charge in [0.05, 0.1) is 11.6 Å². The Kier molecular flexibility index (Phi) is 6.42. The normalized spacial score (nSPS) is 16.9. The zero-order valence-corrected chi connectivity index (χ0v) is 16.5. The summed E-state index contributed by atoms with van der Waals surface area (Å²) in [5.74, 6) is 0.456. The van der Waals surface area contributed by atoms with Crippen molar-refractivity contribution in [3.8, 4) is 0 Å². The van der Waals surface area contributed by atoms with E-state index in [-0.39, 0.29) is 11.9 Å². The first-order chi connectivity index (χ1) is 13.8. The van der Waals surface area contributed by atoms with Gasteiger partial charge in [-0.15, -0.1) is 0 Å². The lowest BCUT2D eigenvalue weighted by molar-refractivity contribution is -0.137. The number of aromatic nitrogens is 1. The highest BCUT2D eigenvalue weighted by atomic mass is 19.4. The van der Waals surface area contributed by atoms with Gasteiger partial charge in [-0.3, -0.25) is 9.69 Å². The summed E-state index contributed by atoms with van der Waals surface area (Å²) in [5.41, 5.74) is 1.05. The molecule has 1 amide bonds. The third-order valence-electron chi connectivity index (χ3n) is 5.26. The molecule has 1 aromatic heterocycles. The van der Waals surface area contributed by atoms with E-state index in [1.54, 1.807) is 0 Å². The minimum Gasteiger partial charge on any atom is -0.355 e. The molecule has 0 radical (unpaired) electrons. The van der Waals surface area contributed by atoms with Crippen LogP contribution in [0.15, 0.2) is 42.6 Å². The largest absolute Gasteiger partial charge is 0.417 e. The van der Waals surface area contributed by atoms with Gasteiger partial charge in [-0.05, 0) is 44.0 Å². The molecule has 1 fully saturated rings. The van der Waals surface area contributed by atoms with Crippen LogP contribution in [0.25, 0.3) is 0 Å². The van der Waals surface area contributed by atoms with Crippen LogP contribution < -0.4 is 10.2 Å². The van der Waals surface area contributed by atoms with Crippen LogP contribution in [0.1, 0.15) is 24.5 Å². The molecular formula is C21H25F3N4O. The number of aryl methyl sites for hydroxylation is 1. The number of benzene rings is 1. The van der Waals surface area contributed by atoms with E-state index in [0.717, 1.165) is 36.5 Å². The number of hydrogen-bond donors (Lipinski definition) is 1. The summed E-state index contributed by atoms with van der Waals surface area (Å²) in [6, 6.07) is 9.79. The molecule has 1 atom stereocenters. The number of nitrogens with one attached hydrogen (secondary N) is 1. The summed E-state index contributed by atoms with van der Waals surface area (Å²) in [6.07, 6.45) is -2.72. The maximum atomic E-state index is 12.7. The predicted octanol–water partition coefficient (Wildman–Crippen LogP) is 3.95. The average molecular weight is 406 g/mol. The van der Waals surface area contributed by atoms with E-state index in [1.165, 1.54) is 6.07 Å². The first-order valence-electron chi connectivity index (χ1n) is 9.64. The number of amides is 1. The Morgan fingerprint density at radius 1 is 1.10 bits per heavy atom. The number of carbonyl (C=O) groups is 1. The zero-order chi connectivity index (χ0) is 21.0. The number of carbonyl (C=O) groups excluding carboxylic acids is 1. The molecule has 0 bridgehead atoms. The Bertz CT molecular complexity index is 839. The maximum Gasteiger partial charge on any atom is 0.417 e. The quantitative estimate of drug-likeness (QED) is 0.835. The van der Waals surface area contributed by atoms with Crippen molar-refractivity contribution in [1.82, 2.24) is 9.88 Å². The molecule has 1 N–H and O–H groups in total. The van der Waals surface area contributed by atoms with Gasteiger partial charge >= 0.3 is 6.18 Å². The van der Waals surface area contributed by atoms with Crippen LogP contribution in [0.4, 0.5) is 24.7 Å². The number of anilines is 2. The fourth-order valence-corrected chi connectivity index (χ4v) is 3.41. The van der Waals surface area contributed by atoms with Crippen LogP contribution in [-0.4, -0.2) is 48.0 Å². The van der Waals surface area contributed by atoms with Gasteiger partial charge in [-0.25, -0.2) is 4.98 Å². The highest BCUT2D eigenvalue weighted by Gasteiger charge is 2.31. The first kappa shape index (κ1) is 21.1. The maximum absolute atomic E-state index is 12.7. The second kappa shape index (κ2) is 8.82. The van der Waals surface area contributed by atoms with Gasteiger partial charge in [0.2, 0.25) is 5.91 Å². The molecule has 8 heteroatoms. The molecule has 1 unspecified atom stereocenters. The summed E-state index contributed by atoms with van der Waals surface area (Å²) in [5, 5.41) is 2.98. The van der Waals surface area contributed by atoms with Crippen molar-refractivity contribution in [3.05, 3.63) is 53.7 Å². The highest BCUT2D eigenvalue weighted by Crippen LogP contribution is 2.29. The number of nitrogens with zero attached hydrogens (tertiary/aromatic N) is 3. The van der Waals surface area contributed by atoms with Crippen LogP contribution in [0.3, 0.4) is 0 Å². The molecule has 1 aromatic carbocycles. The van der Waals surface area contributed by atoms with Crippen molar-refractivity contribution in [3.63, 3.8) is 0 Å².